The lowest BCUT2D eigenvalue weighted by Crippen LogP contribution is -2.27. The van der Waals surface area contributed by atoms with E-state index in [1.807, 2.05) is 0 Å². The van der Waals surface area contributed by atoms with Gasteiger partial charge in [-0.15, -0.1) is 0 Å². The predicted octanol–water partition coefficient (Wildman–Crippen LogP) is 5.91. The molecule has 0 aliphatic rings. The van der Waals surface area contributed by atoms with Crippen LogP contribution in [0.15, 0.2) is 0 Å². The highest BCUT2D eigenvalue weighted by atomic mass is 14.4. The van der Waals surface area contributed by atoms with Gasteiger partial charge >= 0.3 is 0 Å². The van der Waals surface area contributed by atoms with Crippen LogP contribution in [0.3, 0.4) is 0 Å². The fourth-order valence-electron chi connectivity index (χ4n) is 2.62. The van der Waals surface area contributed by atoms with Gasteiger partial charge in [0, 0.05) is 0 Å². The van der Waals surface area contributed by atoms with E-state index in [0.29, 0.717) is 5.41 Å². The van der Waals surface area contributed by atoms with Gasteiger partial charge in [-0.3, -0.25) is 0 Å². The van der Waals surface area contributed by atoms with E-state index in [1.165, 1.54) is 32.1 Å². The summed E-state index contributed by atoms with van der Waals surface area (Å²) in [6.07, 6.45) is 6.98. The summed E-state index contributed by atoms with van der Waals surface area (Å²) in [6.45, 7) is 16.6. The minimum atomic E-state index is 0.606. The third-order valence-electron chi connectivity index (χ3n) is 4.37. The minimum Gasteiger partial charge on any atom is -0.0648 e. The molecular formula is C16H34. The molecule has 0 unspecified atom stereocenters. The van der Waals surface area contributed by atoms with Crippen molar-refractivity contribution >= 4 is 0 Å². The largest absolute Gasteiger partial charge is 0.0648 e. The first kappa shape index (κ1) is 16.0. The quantitative estimate of drug-likeness (QED) is 0.482. The highest BCUT2D eigenvalue weighted by molar-refractivity contribution is 4.82. The Morgan fingerprint density at radius 3 is 1.31 bits per heavy atom. The van der Waals surface area contributed by atoms with E-state index >= 15 is 0 Å². The minimum absolute atomic E-state index is 0.606. The Morgan fingerprint density at radius 1 is 0.750 bits per heavy atom. The third-order valence-corrected chi connectivity index (χ3v) is 4.37. The molecule has 0 saturated heterocycles. The van der Waals surface area contributed by atoms with Gasteiger partial charge in [0.1, 0.15) is 0 Å². The molecule has 0 heteroatoms. The van der Waals surface area contributed by atoms with Gasteiger partial charge in [0.2, 0.25) is 0 Å². The third kappa shape index (κ3) is 5.37. The van der Waals surface area contributed by atoms with Crippen LogP contribution in [-0.2, 0) is 0 Å². The maximum atomic E-state index is 2.42. The second kappa shape index (κ2) is 7.35. The summed E-state index contributed by atoms with van der Waals surface area (Å²) < 4.78 is 0. The van der Waals surface area contributed by atoms with Crippen LogP contribution in [0.1, 0.15) is 80.6 Å². The zero-order valence-electron chi connectivity index (χ0n) is 12.8. The van der Waals surface area contributed by atoms with E-state index in [-0.39, 0.29) is 0 Å². The number of rotatable bonds is 8. The Bertz CT molecular complexity index is 153. The van der Waals surface area contributed by atoms with Crippen LogP contribution in [-0.4, -0.2) is 0 Å². The van der Waals surface area contributed by atoms with Gasteiger partial charge in [-0.2, -0.15) is 0 Å². The molecule has 0 N–H and O–H groups in total. The lowest BCUT2D eigenvalue weighted by Gasteiger charge is -2.38. The molecule has 0 aromatic rings. The van der Waals surface area contributed by atoms with Gasteiger partial charge < -0.3 is 0 Å². The van der Waals surface area contributed by atoms with E-state index in [9.17, 15) is 0 Å². The van der Waals surface area contributed by atoms with E-state index in [4.69, 9.17) is 0 Å². The topological polar surface area (TPSA) is 0 Å². The summed E-state index contributed by atoms with van der Waals surface area (Å²) >= 11 is 0. The first-order chi connectivity index (χ1) is 7.34. The van der Waals surface area contributed by atoms with Crippen molar-refractivity contribution in [1.82, 2.24) is 0 Å². The SMILES string of the molecule is CCC(CCC(C)C)(CCC(C)C)C(C)C. The number of hydrogen-bond acceptors (Lipinski definition) is 0. The van der Waals surface area contributed by atoms with Gasteiger partial charge in [-0.1, -0.05) is 67.7 Å². The first-order valence-corrected chi connectivity index (χ1v) is 7.34. The Morgan fingerprint density at radius 2 is 1.12 bits per heavy atom. The molecule has 0 fully saturated rings. The molecule has 0 saturated carbocycles. The van der Waals surface area contributed by atoms with Crippen LogP contribution in [0.2, 0.25) is 0 Å². The Labute approximate surface area is 104 Å². The Hall–Kier alpha value is 0. The van der Waals surface area contributed by atoms with E-state index in [2.05, 4.69) is 48.5 Å². The molecule has 0 atom stereocenters. The van der Waals surface area contributed by atoms with Crippen molar-refractivity contribution in [3.63, 3.8) is 0 Å². The lowest BCUT2D eigenvalue weighted by molar-refractivity contribution is 0.125. The highest BCUT2D eigenvalue weighted by Crippen LogP contribution is 2.42. The molecule has 0 spiro atoms. The van der Waals surface area contributed by atoms with E-state index in [1.54, 1.807) is 0 Å². The molecule has 0 nitrogen and oxygen atoms in total. The average Bonchev–Trinajstić information content (AvgIpc) is 2.17. The molecule has 0 aliphatic carbocycles. The lowest BCUT2D eigenvalue weighted by atomic mass is 9.67. The summed E-state index contributed by atoms with van der Waals surface area (Å²) in [6, 6.07) is 0. The Kier molecular flexibility index (Phi) is 7.35. The molecule has 98 valence electrons. The predicted molar refractivity (Wildman–Crippen MR) is 75.7 cm³/mol. The fourth-order valence-corrected chi connectivity index (χ4v) is 2.62. The van der Waals surface area contributed by atoms with Crippen LogP contribution in [0, 0.1) is 23.2 Å². The standard InChI is InChI=1S/C16H34/c1-8-16(15(6)7,11-9-13(2)3)12-10-14(4)5/h13-15H,8-12H2,1-7H3. The normalized spacial score (nSPS) is 13.1. The van der Waals surface area contributed by atoms with Crippen molar-refractivity contribution in [2.45, 2.75) is 80.6 Å². The Balaban J connectivity index is 4.45. The summed E-state index contributed by atoms with van der Waals surface area (Å²) in [7, 11) is 0. The molecule has 0 aliphatic heterocycles. The fraction of sp³-hybridized carbons (Fsp3) is 1.00. The van der Waals surface area contributed by atoms with Crippen LogP contribution in [0.25, 0.3) is 0 Å². The summed E-state index contributed by atoms with van der Waals surface area (Å²) in [4.78, 5) is 0. The molecule has 0 rings (SSSR count). The van der Waals surface area contributed by atoms with Gasteiger partial charge in [0.25, 0.3) is 0 Å². The molecule has 0 aromatic carbocycles. The zero-order chi connectivity index (χ0) is 12.8. The first-order valence-electron chi connectivity index (χ1n) is 7.34. The monoisotopic (exact) mass is 226 g/mol. The van der Waals surface area contributed by atoms with Crippen LogP contribution in [0.5, 0.6) is 0 Å². The molecule has 0 aromatic heterocycles. The van der Waals surface area contributed by atoms with Crippen LogP contribution < -0.4 is 0 Å². The maximum Gasteiger partial charge on any atom is -0.0277 e. The summed E-state index contributed by atoms with van der Waals surface area (Å²) in [5.74, 6) is 2.53. The van der Waals surface area contributed by atoms with Crippen molar-refractivity contribution in [3.05, 3.63) is 0 Å². The second-order valence-corrected chi connectivity index (χ2v) is 6.74. The molecule has 0 heterocycles. The van der Waals surface area contributed by atoms with E-state index in [0.717, 1.165) is 17.8 Å². The molecule has 16 heavy (non-hydrogen) atoms. The molecule has 0 radical (unpaired) electrons. The molecule has 0 bridgehead atoms. The molecule has 0 amide bonds. The smallest absolute Gasteiger partial charge is 0.0277 e. The summed E-state index contributed by atoms with van der Waals surface area (Å²) in [5.41, 5.74) is 0.606. The second-order valence-electron chi connectivity index (χ2n) is 6.74. The van der Waals surface area contributed by atoms with Gasteiger partial charge in [0.15, 0.2) is 0 Å². The van der Waals surface area contributed by atoms with Crippen LogP contribution in [0.4, 0.5) is 0 Å². The molecular weight excluding hydrogens is 192 g/mol. The van der Waals surface area contributed by atoms with Crippen molar-refractivity contribution in [2.24, 2.45) is 23.2 Å². The summed E-state index contributed by atoms with van der Waals surface area (Å²) in [5, 5.41) is 0. The van der Waals surface area contributed by atoms with Crippen molar-refractivity contribution in [2.75, 3.05) is 0 Å². The van der Waals surface area contributed by atoms with E-state index < -0.39 is 0 Å². The van der Waals surface area contributed by atoms with Gasteiger partial charge in [-0.05, 0) is 36.0 Å². The average molecular weight is 226 g/mol. The number of hydrogen-bond donors (Lipinski definition) is 0. The van der Waals surface area contributed by atoms with Crippen molar-refractivity contribution in [1.29, 1.82) is 0 Å². The zero-order valence-corrected chi connectivity index (χ0v) is 12.8. The maximum absolute atomic E-state index is 2.42. The van der Waals surface area contributed by atoms with Crippen LogP contribution >= 0.6 is 0 Å². The van der Waals surface area contributed by atoms with Gasteiger partial charge in [0.05, 0.1) is 0 Å². The van der Waals surface area contributed by atoms with Crippen molar-refractivity contribution in [3.8, 4) is 0 Å². The van der Waals surface area contributed by atoms with Gasteiger partial charge in [-0.25, -0.2) is 0 Å². The van der Waals surface area contributed by atoms with Crippen molar-refractivity contribution < 1.29 is 0 Å². The highest BCUT2D eigenvalue weighted by Gasteiger charge is 2.31.